The van der Waals surface area contributed by atoms with Crippen LogP contribution in [0, 0.1) is 5.41 Å². The summed E-state index contributed by atoms with van der Waals surface area (Å²) in [5.41, 5.74) is 15.3. The van der Waals surface area contributed by atoms with Crippen LogP contribution in [0.25, 0.3) is 16.7 Å². The second kappa shape index (κ2) is 8.12. The summed E-state index contributed by atoms with van der Waals surface area (Å²) < 4.78 is 4.22. The van der Waals surface area contributed by atoms with Crippen molar-refractivity contribution in [3.05, 3.63) is 96.0 Å². The molecule has 0 amide bonds. The third-order valence-electron chi connectivity index (χ3n) is 6.97. The Balaban J connectivity index is 1.70. The van der Waals surface area contributed by atoms with Crippen molar-refractivity contribution in [1.29, 1.82) is 5.41 Å². The standard InChI is InChI=1S/C30H28N6/c1-30(2,3)19-10-7-13-21(18-19)35-23-15-9-17-34-27(23)25(31)28(35)24-26-22(14-8-16-33-26)36(29(24)32)20-11-5-4-6-12-20/h4-5,7-11,13-18,31-32H,6,12H2,1-3H3/p+1. The maximum Gasteiger partial charge on any atom is 0.252 e. The first-order valence-electron chi connectivity index (χ1n) is 12.3. The van der Waals surface area contributed by atoms with Crippen molar-refractivity contribution >= 4 is 45.3 Å². The van der Waals surface area contributed by atoms with Crippen molar-refractivity contribution in [1.82, 2.24) is 19.1 Å². The number of pyridine rings is 2. The largest absolute Gasteiger partial charge is 0.384 e. The van der Waals surface area contributed by atoms with E-state index in [-0.39, 0.29) is 5.41 Å². The fourth-order valence-corrected chi connectivity index (χ4v) is 5.18. The van der Waals surface area contributed by atoms with Gasteiger partial charge in [0.25, 0.3) is 5.71 Å². The number of benzene rings is 1. The molecule has 4 aromatic rings. The van der Waals surface area contributed by atoms with Crippen molar-refractivity contribution < 1.29 is 0 Å². The highest BCUT2D eigenvalue weighted by Crippen LogP contribution is 2.39. The molecular weight excluding hydrogens is 444 g/mol. The Morgan fingerprint density at radius 3 is 2.61 bits per heavy atom. The number of rotatable bonds is 3. The van der Waals surface area contributed by atoms with E-state index < -0.39 is 0 Å². The van der Waals surface area contributed by atoms with Gasteiger partial charge in [0.05, 0.1) is 5.52 Å². The number of nitrogen functional groups attached to an aromatic ring is 1. The van der Waals surface area contributed by atoms with Crippen LogP contribution in [0.5, 0.6) is 0 Å². The van der Waals surface area contributed by atoms with Gasteiger partial charge in [-0.25, -0.2) is 4.98 Å². The molecule has 0 saturated heterocycles. The number of aromatic nitrogens is 3. The van der Waals surface area contributed by atoms with E-state index in [1.807, 2.05) is 18.2 Å². The van der Waals surface area contributed by atoms with Crippen molar-refractivity contribution in [2.75, 3.05) is 5.73 Å². The van der Waals surface area contributed by atoms with Crippen molar-refractivity contribution in [2.45, 2.75) is 39.0 Å². The van der Waals surface area contributed by atoms with Crippen molar-refractivity contribution in [2.24, 2.45) is 0 Å². The molecule has 2 aliphatic rings. The summed E-state index contributed by atoms with van der Waals surface area (Å²) in [6.45, 7) is 6.63. The van der Waals surface area contributed by atoms with Crippen LogP contribution in [0.2, 0.25) is 0 Å². The number of nitrogens with zero attached hydrogens (tertiary/aromatic N) is 4. The van der Waals surface area contributed by atoms with E-state index in [0.29, 0.717) is 22.9 Å². The first kappa shape index (κ1) is 22.2. The smallest absolute Gasteiger partial charge is 0.252 e. The van der Waals surface area contributed by atoms with E-state index >= 15 is 0 Å². The molecular formula is C30H29N6+. The van der Waals surface area contributed by atoms with Gasteiger partial charge >= 0.3 is 0 Å². The van der Waals surface area contributed by atoms with Crippen LogP contribution in [0.3, 0.4) is 0 Å². The Kier molecular flexibility index (Phi) is 5.00. The molecule has 3 N–H and O–H groups in total. The Labute approximate surface area is 210 Å². The van der Waals surface area contributed by atoms with Gasteiger partial charge in [0.2, 0.25) is 11.4 Å². The molecule has 1 aliphatic heterocycles. The lowest BCUT2D eigenvalue weighted by Crippen LogP contribution is -2.22. The number of hydrogen-bond donors (Lipinski definition) is 2. The van der Waals surface area contributed by atoms with Gasteiger partial charge in [-0.15, -0.1) is 4.58 Å². The number of nitrogens with one attached hydrogen (secondary N) is 1. The second-order valence-corrected chi connectivity index (χ2v) is 10.3. The summed E-state index contributed by atoms with van der Waals surface area (Å²) in [4.78, 5) is 9.37. The molecule has 0 atom stereocenters. The minimum atomic E-state index is -0.0151. The van der Waals surface area contributed by atoms with E-state index in [9.17, 15) is 5.41 Å². The summed E-state index contributed by atoms with van der Waals surface area (Å²) >= 11 is 0. The first-order valence-corrected chi connectivity index (χ1v) is 12.3. The van der Waals surface area contributed by atoms with E-state index in [0.717, 1.165) is 46.5 Å². The molecule has 0 unspecified atom stereocenters. The maximum atomic E-state index is 9.25. The number of allylic oxidation sites excluding steroid dienone is 4. The van der Waals surface area contributed by atoms with Crippen LogP contribution < -0.4 is 10.3 Å². The van der Waals surface area contributed by atoms with Crippen LogP contribution in [-0.4, -0.2) is 26.0 Å². The minimum Gasteiger partial charge on any atom is -0.384 e. The zero-order chi connectivity index (χ0) is 25.0. The molecule has 0 bridgehead atoms. The van der Waals surface area contributed by atoms with Crippen LogP contribution in [0.1, 0.15) is 50.4 Å². The highest BCUT2D eigenvalue weighted by molar-refractivity contribution is 6.58. The molecule has 0 spiro atoms. The Hall–Kier alpha value is -4.32. The predicted molar refractivity (Wildman–Crippen MR) is 149 cm³/mol. The first-order chi connectivity index (χ1) is 17.4. The molecule has 3 aromatic heterocycles. The summed E-state index contributed by atoms with van der Waals surface area (Å²) in [5.74, 6) is 0.592. The maximum absolute atomic E-state index is 9.25. The van der Waals surface area contributed by atoms with Crippen molar-refractivity contribution in [3.8, 4) is 0 Å². The third kappa shape index (κ3) is 3.33. The average Bonchev–Trinajstić information content (AvgIpc) is 3.34. The summed E-state index contributed by atoms with van der Waals surface area (Å²) in [6.07, 6.45) is 11.7. The zero-order valence-corrected chi connectivity index (χ0v) is 20.8. The highest BCUT2D eigenvalue weighted by atomic mass is 15.1. The summed E-state index contributed by atoms with van der Waals surface area (Å²) in [7, 11) is 0. The van der Waals surface area contributed by atoms with Gasteiger partial charge in [0.15, 0.2) is 11.4 Å². The molecule has 6 nitrogen and oxygen atoms in total. The quantitative estimate of drug-likeness (QED) is 0.347. The lowest BCUT2D eigenvalue weighted by molar-refractivity contribution is 0.590. The van der Waals surface area contributed by atoms with Gasteiger partial charge in [0.1, 0.15) is 16.9 Å². The van der Waals surface area contributed by atoms with Gasteiger partial charge in [-0.1, -0.05) is 45.1 Å². The number of anilines is 1. The average molecular weight is 474 g/mol. The predicted octanol–water partition coefficient (Wildman–Crippen LogP) is 6.21. The number of nitrogens with two attached hydrogens (primary N) is 1. The second-order valence-electron chi connectivity index (χ2n) is 10.3. The zero-order valence-electron chi connectivity index (χ0n) is 20.8. The molecule has 1 aromatic carbocycles. The third-order valence-corrected chi connectivity index (χ3v) is 6.97. The van der Waals surface area contributed by atoms with E-state index in [2.05, 4.69) is 83.5 Å². The molecule has 36 heavy (non-hydrogen) atoms. The summed E-state index contributed by atoms with van der Waals surface area (Å²) in [6, 6.07) is 16.4. The van der Waals surface area contributed by atoms with Crippen LogP contribution in [0.4, 0.5) is 17.2 Å². The van der Waals surface area contributed by atoms with Gasteiger partial charge in [0, 0.05) is 36.3 Å². The fourth-order valence-electron chi connectivity index (χ4n) is 5.18. The Morgan fingerprint density at radius 2 is 1.83 bits per heavy atom. The lowest BCUT2D eigenvalue weighted by Gasteiger charge is -2.18. The molecule has 0 saturated carbocycles. The molecule has 0 fully saturated rings. The molecule has 4 heterocycles. The van der Waals surface area contributed by atoms with E-state index in [4.69, 9.17) is 10.7 Å². The SMILES string of the molecule is CC(C)(C)c1cccc([N+]2=C(c3c(N)n(C4=CC=CCC4)c4cccnc34)C(=N)c3ncccc32)c1. The molecule has 6 heteroatoms. The van der Waals surface area contributed by atoms with Crippen LogP contribution in [0.15, 0.2) is 79.2 Å². The molecule has 1 aliphatic carbocycles. The highest BCUT2D eigenvalue weighted by Gasteiger charge is 2.42. The molecule has 178 valence electrons. The van der Waals surface area contributed by atoms with Crippen molar-refractivity contribution in [3.63, 3.8) is 0 Å². The fraction of sp³-hybridized carbons (Fsp3) is 0.200. The van der Waals surface area contributed by atoms with E-state index in [1.165, 1.54) is 5.56 Å². The van der Waals surface area contributed by atoms with Gasteiger partial charge < -0.3 is 5.73 Å². The van der Waals surface area contributed by atoms with Crippen LogP contribution in [-0.2, 0) is 5.41 Å². The lowest BCUT2D eigenvalue weighted by atomic mass is 9.87. The van der Waals surface area contributed by atoms with Crippen LogP contribution >= 0.6 is 0 Å². The Bertz CT molecular complexity index is 1640. The minimum absolute atomic E-state index is 0.0151. The topological polar surface area (TPSA) is 83.6 Å². The molecule has 6 rings (SSSR count). The van der Waals surface area contributed by atoms with Gasteiger partial charge in [-0.2, -0.15) is 0 Å². The van der Waals surface area contributed by atoms with E-state index in [1.54, 1.807) is 12.4 Å². The van der Waals surface area contributed by atoms with Gasteiger partial charge in [-0.05, 0) is 48.1 Å². The summed E-state index contributed by atoms with van der Waals surface area (Å²) in [5, 5.41) is 9.25. The Morgan fingerprint density at radius 1 is 1.03 bits per heavy atom. The number of fused-ring (bicyclic) bond motifs is 2. The normalized spacial score (nSPS) is 15.5. The van der Waals surface area contributed by atoms with Gasteiger partial charge in [-0.3, -0.25) is 15.0 Å². The molecule has 0 radical (unpaired) electrons. The number of hydrogen-bond acceptors (Lipinski definition) is 4. The monoisotopic (exact) mass is 473 g/mol.